The van der Waals surface area contributed by atoms with Gasteiger partial charge in [0, 0.05) is 21.3 Å². The standard InChI is InChI=1S/C12H7Br2ClOS/c13-7-1-3-10(15)9(5-7)11(16)6-8-2-4-12(14)17-8/h1-5H,6H2. The summed E-state index contributed by atoms with van der Waals surface area (Å²) in [6, 6.07) is 9.19. The minimum absolute atomic E-state index is 0.0330. The summed E-state index contributed by atoms with van der Waals surface area (Å²) >= 11 is 14.3. The van der Waals surface area contributed by atoms with Crippen molar-refractivity contribution in [2.45, 2.75) is 6.42 Å². The normalized spacial score (nSPS) is 10.5. The van der Waals surface area contributed by atoms with Gasteiger partial charge in [0.2, 0.25) is 0 Å². The number of ketones is 1. The van der Waals surface area contributed by atoms with Gasteiger partial charge in [0.05, 0.1) is 8.81 Å². The van der Waals surface area contributed by atoms with Crippen molar-refractivity contribution >= 4 is 60.6 Å². The van der Waals surface area contributed by atoms with Crippen LogP contribution in [0.25, 0.3) is 0 Å². The van der Waals surface area contributed by atoms with Crippen molar-refractivity contribution in [3.63, 3.8) is 0 Å². The summed E-state index contributed by atoms with van der Waals surface area (Å²) in [5.41, 5.74) is 0.561. The fourth-order valence-electron chi connectivity index (χ4n) is 1.41. The Bertz CT molecular complexity index is 565. The second kappa shape index (κ2) is 5.65. The van der Waals surface area contributed by atoms with E-state index in [1.165, 1.54) is 0 Å². The Morgan fingerprint density at radius 2 is 2.00 bits per heavy atom. The lowest BCUT2D eigenvalue weighted by Crippen LogP contribution is -2.03. The molecule has 0 saturated heterocycles. The monoisotopic (exact) mass is 392 g/mol. The Kier molecular flexibility index (Phi) is 4.42. The molecule has 1 heterocycles. The van der Waals surface area contributed by atoms with E-state index in [1.807, 2.05) is 18.2 Å². The average molecular weight is 395 g/mol. The molecule has 0 aliphatic rings. The molecule has 0 saturated carbocycles. The molecule has 0 unspecified atom stereocenters. The third kappa shape index (κ3) is 3.41. The van der Waals surface area contributed by atoms with Crippen LogP contribution in [0.3, 0.4) is 0 Å². The maximum Gasteiger partial charge on any atom is 0.169 e. The lowest BCUT2D eigenvalue weighted by Gasteiger charge is -2.03. The fourth-order valence-corrected chi connectivity index (χ4v) is 3.48. The zero-order valence-corrected chi connectivity index (χ0v) is 13.3. The molecule has 2 aromatic rings. The van der Waals surface area contributed by atoms with E-state index in [-0.39, 0.29) is 5.78 Å². The molecule has 0 amide bonds. The SMILES string of the molecule is O=C(Cc1ccc(Br)s1)c1cc(Br)ccc1Cl. The van der Waals surface area contributed by atoms with Gasteiger partial charge in [-0.25, -0.2) is 0 Å². The van der Waals surface area contributed by atoms with E-state index in [9.17, 15) is 4.79 Å². The smallest absolute Gasteiger partial charge is 0.169 e. The first kappa shape index (κ1) is 13.3. The van der Waals surface area contributed by atoms with Crippen molar-refractivity contribution in [3.05, 3.63) is 54.1 Å². The van der Waals surface area contributed by atoms with Gasteiger partial charge in [0.1, 0.15) is 0 Å². The molecular weight excluding hydrogens is 387 g/mol. The van der Waals surface area contributed by atoms with Gasteiger partial charge in [-0.3, -0.25) is 4.79 Å². The molecule has 5 heteroatoms. The van der Waals surface area contributed by atoms with Gasteiger partial charge in [-0.2, -0.15) is 0 Å². The predicted molar refractivity (Wildman–Crippen MR) is 79.2 cm³/mol. The second-order valence-electron chi connectivity index (χ2n) is 3.43. The summed E-state index contributed by atoms with van der Waals surface area (Å²) in [5, 5.41) is 0.494. The van der Waals surface area contributed by atoms with Crippen LogP contribution in [-0.2, 0) is 6.42 Å². The highest BCUT2D eigenvalue weighted by molar-refractivity contribution is 9.11. The van der Waals surface area contributed by atoms with Crippen LogP contribution in [0.5, 0.6) is 0 Å². The number of rotatable bonds is 3. The molecule has 2 rings (SSSR count). The van der Waals surface area contributed by atoms with Gasteiger partial charge in [0.15, 0.2) is 5.78 Å². The van der Waals surface area contributed by atoms with Crippen LogP contribution < -0.4 is 0 Å². The highest BCUT2D eigenvalue weighted by Crippen LogP contribution is 2.26. The van der Waals surface area contributed by atoms with Crippen molar-refractivity contribution in [1.82, 2.24) is 0 Å². The molecule has 0 N–H and O–H groups in total. The molecule has 0 aliphatic heterocycles. The largest absolute Gasteiger partial charge is 0.294 e. The summed E-state index contributed by atoms with van der Waals surface area (Å²) < 4.78 is 1.89. The van der Waals surface area contributed by atoms with Gasteiger partial charge in [-0.1, -0.05) is 27.5 Å². The third-order valence-electron chi connectivity index (χ3n) is 2.19. The number of carbonyl (C=O) groups is 1. The fraction of sp³-hybridized carbons (Fsp3) is 0.0833. The summed E-state index contributed by atoms with van der Waals surface area (Å²) in [6.07, 6.45) is 0.381. The average Bonchev–Trinajstić information content (AvgIpc) is 2.67. The number of halogens is 3. The molecule has 0 bridgehead atoms. The van der Waals surface area contributed by atoms with Crippen molar-refractivity contribution in [2.24, 2.45) is 0 Å². The Morgan fingerprint density at radius 3 is 2.65 bits per heavy atom. The number of hydrogen-bond donors (Lipinski definition) is 0. The van der Waals surface area contributed by atoms with Gasteiger partial charge in [0.25, 0.3) is 0 Å². The second-order valence-corrected chi connectivity index (χ2v) is 7.30. The van der Waals surface area contributed by atoms with Crippen LogP contribution in [0.4, 0.5) is 0 Å². The lowest BCUT2D eigenvalue weighted by molar-refractivity contribution is 0.0994. The van der Waals surface area contributed by atoms with Crippen LogP contribution in [-0.4, -0.2) is 5.78 Å². The molecule has 0 spiro atoms. The molecule has 17 heavy (non-hydrogen) atoms. The van der Waals surface area contributed by atoms with Gasteiger partial charge in [-0.05, 0) is 46.3 Å². The predicted octanol–water partition coefficient (Wildman–Crippen LogP) is 5.35. The van der Waals surface area contributed by atoms with Crippen LogP contribution >= 0.6 is 54.8 Å². The van der Waals surface area contributed by atoms with E-state index in [2.05, 4.69) is 31.9 Å². The van der Waals surface area contributed by atoms with Crippen LogP contribution in [0, 0.1) is 0 Å². The maximum atomic E-state index is 12.1. The Hall–Kier alpha value is -0.160. The summed E-state index contributed by atoms with van der Waals surface area (Å²) in [5.74, 6) is 0.0330. The molecule has 88 valence electrons. The first-order valence-electron chi connectivity index (χ1n) is 4.79. The first-order valence-corrected chi connectivity index (χ1v) is 7.57. The quantitative estimate of drug-likeness (QED) is 0.641. The highest BCUT2D eigenvalue weighted by Gasteiger charge is 2.12. The lowest BCUT2D eigenvalue weighted by atomic mass is 10.1. The van der Waals surface area contributed by atoms with Crippen molar-refractivity contribution in [1.29, 1.82) is 0 Å². The van der Waals surface area contributed by atoms with Gasteiger partial charge >= 0.3 is 0 Å². The number of Topliss-reactive ketones (excluding diaryl/α,β-unsaturated/α-hetero) is 1. The molecule has 0 radical (unpaired) electrons. The van der Waals surface area contributed by atoms with E-state index in [0.29, 0.717) is 17.0 Å². The molecule has 0 fully saturated rings. The highest BCUT2D eigenvalue weighted by atomic mass is 79.9. The molecule has 1 nitrogen and oxygen atoms in total. The van der Waals surface area contributed by atoms with Gasteiger partial charge < -0.3 is 0 Å². The Labute approximate surface area is 125 Å². The van der Waals surface area contributed by atoms with E-state index in [1.54, 1.807) is 23.5 Å². The topological polar surface area (TPSA) is 17.1 Å². The molecule has 0 atom stereocenters. The number of benzene rings is 1. The molecule has 1 aromatic carbocycles. The van der Waals surface area contributed by atoms with Crippen molar-refractivity contribution in [3.8, 4) is 0 Å². The van der Waals surface area contributed by atoms with E-state index in [4.69, 9.17) is 11.6 Å². The Balaban J connectivity index is 2.22. The number of thiophene rings is 1. The van der Waals surface area contributed by atoms with E-state index < -0.39 is 0 Å². The molecule has 1 aromatic heterocycles. The number of hydrogen-bond acceptors (Lipinski definition) is 2. The molecule has 0 aliphatic carbocycles. The van der Waals surface area contributed by atoms with Crippen LogP contribution in [0.15, 0.2) is 38.6 Å². The van der Waals surface area contributed by atoms with Crippen molar-refractivity contribution < 1.29 is 4.79 Å². The third-order valence-corrected chi connectivity index (χ3v) is 4.64. The van der Waals surface area contributed by atoms with E-state index >= 15 is 0 Å². The zero-order valence-electron chi connectivity index (χ0n) is 8.54. The number of carbonyl (C=O) groups excluding carboxylic acids is 1. The summed E-state index contributed by atoms with van der Waals surface area (Å²) in [7, 11) is 0. The summed E-state index contributed by atoms with van der Waals surface area (Å²) in [6.45, 7) is 0. The van der Waals surface area contributed by atoms with Crippen LogP contribution in [0.2, 0.25) is 5.02 Å². The van der Waals surface area contributed by atoms with Crippen molar-refractivity contribution in [2.75, 3.05) is 0 Å². The minimum Gasteiger partial charge on any atom is -0.294 e. The first-order chi connectivity index (χ1) is 8.06. The zero-order chi connectivity index (χ0) is 12.4. The maximum absolute atomic E-state index is 12.1. The van der Waals surface area contributed by atoms with Crippen LogP contribution in [0.1, 0.15) is 15.2 Å². The molecular formula is C12H7Br2ClOS. The van der Waals surface area contributed by atoms with Gasteiger partial charge in [-0.15, -0.1) is 11.3 Å². The Morgan fingerprint density at radius 1 is 1.24 bits per heavy atom. The summed E-state index contributed by atoms with van der Waals surface area (Å²) in [4.78, 5) is 13.1. The van der Waals surface area contributed by atoms with E-state index in [0.717, 1.165) is 13.1 Å². The minimum atomic E-state index is 0.0330.